The molecule has 0 aliphatic heterocycles. The molecule has 3 rings (SSSR count). The average molecular weight is 237 g/mol. The van der Waals surface area contributed by atoms with Crippen molar-refractivity contribution in [3.63, 3.8) is 0 Å². The Morgan fingerprint density at radius 1 is 1.40 bits per heavy atom. The van der Waals surface area contributed by atoms with Gasteiger partial charge in [0.25, 0.3) is 0 Å². The van der Waals surface area contributed by atoms with Gasteiger partial charge in [-0.1, -0.05) is 0 Å². The van der Waals surface area contributed by atoms with Crippen molar-refractivity contribution in [2.24, 2.45) is 0 Å². The van der Waals surface area contributed by atoms with Gasteiger partial charge in [-0.3, -0.25) is 0 Å². The molecule has 1 aliphatic carbocycles. The predicted molar refractivity (Wildman–Crippen MR) is 64.3 cm³/mol. The molecule has 0 saturated heterocycles. The lowest BCUT2D eigenvalue weighted by molar-refractivity contribution is 1.03. The molecule has 0 radical (unpaired) electrons. The minimum Gasteiger partial charge on any atom is -0.375 e. The van der Waals surface area contributed by atoms with Crippen molar-refractivity contribution in [1.82, 2.24) is 9.97 Å². The number of nitrogens with two attached hydrogens (primary N) is 1. The zero-order valence-corrected chi connectivity index (χ0v) is 9.99. The average Bonchev–Trinajstić information content (AvgIpc) is 2.85. The molecule has 2 aromatic heterocycles. The van der Waals surface area contributed by atoms with Gasteiger partial charge in [-0.15, -0.1) is 22.7 Å². The van der Waals surface area contributed by atoms with Crippen molar-refractivity contribution < 1.29 is 0 Å². The third kappa shape index (κ3) is 1.66. The minimum absolute atomic E-state index is 0.637. The molecule has 2 N–H and O–H groups in total. The molecule has 2 aromatic rings. The largest absolute Gasteiger partial charge is 0.375 e. The zero-order valence-electron chi connectivity index (χ0n) is 8.36. The zero-order chi connectivity index (χ0) is 10.4. The lowest BCUT2D eigenvalue weighted by atomic mass is 10.2. The fourth-order valence-electron chi connectivity index (χ4n) is 1.65. The van der Waals surface area contributed by atoms with E-state index in [9.17, 15) is 0 Å². The van der Waals surface area contributed by atoms with Gasteiger partial charge in [0.15, 0.2) is 5.13 Å². The maximum absolute atomic E-state index is 5.66. The third-order valence-electron chi connectivity index (χ3n) is 2.48. The van der Waals surface area contributed by atoms with E-state index in [2.05, 4.69) is 16.9 Å². The monoisotopic (exact) mass is 237 g/mol. The van der Waals surface area contributed by atoms with Gasteiger partial charge in [-0.2, -0.15) is 0 Å². The SMILES string of the molecule is Cc1nc(C2CC2)c(-c2csc(N)n2)s1. The van der Waals surface area contributed by atoms with Crippen LogP contribution in [-0.2, 0) is 0 Å². The first-order chi connectivity index (χ1) is 7.24. The summed E-state index contributed by atoms with van der Waals surface area (Å²) in [5.74, 6) is 0.674. The molecule has 1 aliphatic rings. The normalized spacial score (nSPS) is 15.8. The summed E-state index contributed by atoms with van der Waals surface area (Å²) in [6, 6.07) is 0. The van der Waals surface area contributed by atoms with Crippen LogP contribution in [-0.4, -0.2) is 9.97 Å². The van der Waals surface area contributed by atoms with Gasteiger partial charge in [-0.05, 0) is 19.8 Å². The Labute approximate surface area is 96.0 Å². The third-order valence-corrected chi connectivity index (χ3v) is 4.16. The van der Waals surface area contributed by atoms with Crippen LogP contribution in [0.15, 0.2) is 5.38 Å². The van der Waals surface area contributed by atoms with Crippen LogP contribution < -0.4 is 5.73 Å². The molecular formula is C10H11N3S2. The van der Waals surface area contributed by atoms with Gasteiger partial charge in [0, 0.05) is 11.3 Å². The molecule has 5 heteroatoms. The topological polar surface area (TPSA) is 51.8 Å². The number of thiazole rings is 2. The highest BCUT2D eigenvalue weighted by Crippen LogP contribution is 2.46. The quantitative estimate of drug-likeness (QED) is 0.873. The number of aromatic nitrogens is 2. The maximum atomic E-state index is 5.66. The Morgan fingerprint density at radius 3 is 2.80 bits per heavy atom. The van der Waals surface area contributed by atoms with Crippen LogP contribution in [0.2, 0.25) is 0 Å². The summed E-state index contributed by atoms with van der Waals surface area (Å²) in [4.78, 5) is 10.2. The van der Waals surface area contributed by atoms with E-state index in [1.807, 2.05) is 5.38 Å². The standard InChI is InChI=1S/C10H11N3S2/c1-5-12-8(6-2-3-6)9(15-5)7-4-14-10(11)13-7/h4,6H,2-3H2,1H3,(H2,11,13). The van der Waals surface area contributed by atoms with E-state index in [1.165, 1.54) is 34.7 Å². The molecule has 0 atom stereocenters. The Kier molecular flexibility index (Phi) is 2.03. The van der Waals surface area contributed by atoms with Crippen molar-refractivity contribution in [3.05, 3.63) is 16.1 Å². The van der Waals surface area contributed by atoms with Gasteiger partial charge in [0.05, 0.1) is 21.3 Å². The minimum atomic E-state index is 0.637. The predicted octanol–water partition coefficient (Wildman–Crippen LogP) is 3.03. The number of rotatable bonds is 2. The lowest BCUT2D eigenvalue weighted by Gasteiger charge is -1.94. The van der Waals surface area contributed by atoms with Crippen LogP contribution >= 0.6 is 22.7 Å². The number of hydrogen-bond acceptors (Lipinski definition) is 5. The highest BCUT2D eigenvalue weighted by Gasteiger charge is 2.30. The van der Waals surface area contributed by atoms with Crippen LogP contribution in [0.25, 0.3) is 10.6 Å². The summed E-state index contributed by atoms with van der Waals surface area (Å²) >= 11 is 3.22. The van der Waals surface area contributed by atoms with Crippen LogP contribution in [0, 0.1) is 6.92 Å². The first kappa shape index (κ1) is 9.30. The van der Waals surface area contributed by atoms with E-state index in [-0.39, 0.29) is 0 Å². The molecular weight excluding hydrogens is 226 g/mol. The van der Waals surface area contributed by atoms with Gasteiger partial charge in [0.1, 0.15) is 0 Å². The van der Waals surface area contributed by atoms with E-state index in [0.29, 0.717) is 11.0 Å². The molecule has 0 aromatic carbocycles. The van der Waals surface area contributed by atoms with Crippen LogP contribution in [0.1, 0.15) is 29.5 Å². The number of nitrogen functional groups attached to an aromatic ring is 1. The Morgan fingerprint density at radius 2 is 2.20 bits per heavy atom. The Balaban J connectivity index is 2.09. The molecule has 1 saturated carbocycles. The summed E-state index contributed by atoms with van der Waals surface area (Å²) in [6.07, 6.45) is 2.55. The Hall–Kier alpha value is -0.940. The highest BCUT2D eigenvalue weighted by molar-refractivity contribution is 7.16. The highest BCUT2D eigenvalue weighted by atomic mass is 32.1. The van der Waals surface area contributed by atoms with Gasteiger partial charge >= 0.3 is 0 Å². The molecule has 78 valence electrons. The molecule has 15 heavy (non-hydrogen) atoms. The van der Waals surface area contributed by atoms with Crippen molar-refractivity contribution in [1.29, 1.82) is 0 Å². The molecule has 3 nitrogen and oxygen atoms in total. The number of aryl methyl sites for hydroxylation is 1. The van der Waals surface area contributed by atoms with Crippen LogP contribution in [0.4, 0.5) is 5.13 Å². The summed E-state index contributed by atoms with van der Waals surface area (Å²) in [5, 5.41) is 3.78. The van der Waals surface area contributed by atoms with E-state index in [0.717, 1.165) is 10.7 Å². The summed E-state index contributed by atoms with van der Waals surface area (Å²) in [5.41, 5.74) is 7.90. The van der Waals surface area contributed by atoms with Crippen LogP contribution in [0.3, 0.4) is 0 Å². The van der Waals surface area contributed by atoms with Crippen molar-refractivity contribution in [2.45, 2.75) is 25.7 Å². The second-order valence-electron chi connectivity index (χ2n) is 3.79. The molecule has 0 unspecified atom stereocenters. The molecule has 0 spiro atoms. The molecule has 1 fully saturated rings. The van der Waals surface area contributed by atoms with Gasteiger partial charge in [0.2, 0.25) is 0 Å². The van der Waals surface area contributed by atoms with Crippen LogP contribution in [0.5, 0.6) is 0 Å². The van der Waals surface area contributed by atoms with Crippen molar-refractivity contribution in [2.75, 3.05) is 5.73 Å². The molecule has 0 bridgehead atoms. The van der Waals surface area contributed by atoms with Gasteiger partial charge in [-0.25, -0.2) is 9.97 Å². The van der Waals surface area contributed by atoms with Gasteiger partial charge < -0.3 is 5.73 Å². The molecule has 0 amide bonds. The summed E-state index contributed by atoms with van der Waals surface area (Å²) in [7, 11) is 0. The first-order valence-corrected chi connectivity index (χ1v) is 6.62. The number of nitrogens with zero attached hydrogens (tertiary/aromatic N) is 2. The number of hydrogen-bond donors (Lipinski definition) is 1. The fourth-order valence-corrected chi connectivity index (χ4v) is 3.25. The van der Waals surface area contributed by atoms with E-state index < -0.39 is 0 Å². The second kappa shape index (κ2) is 3.28. The van der Waals surface area contributed by atoms with E-state index >= 15 is 0 Å². The van der Waals surface area contributed by atoms with E-state index in [1.54, 1.807) is 11.3 Å². The second-order valence-corrected chi connectivity index (χ2v) is 5.89. The smallest absolute Gasteiger partial charge is 0.180 e. The van der Waals surface area contributed by atoms with Crippen molar-refractivity contribution >= 4 is 27.8 Å². The first-order valence-electron chi connectivity index (χ1n) is 4.93. The Bertz CT molecular complexity index is 496. The molecule has 2 heterocycles. The number of anilines is 1. The maximum Gasteiger partial charge on any atom is 0.180 e. The summed E-state index contributed by atoms with van der Waals surface area (Å²) in [6.45, 7) is 2.05. The van der Waals surface area contributed by atoms with E-state index in [4.69, 9.17) is 5.73 Å². The summed E-state index contributed by atoms with van der Waals surface area (Å²) < 4.78 is 0. The lowest BCUT2D eigenvalue weighted by Crippen LogP contribution is -1.85. The van der Waals surface area contributed by atoms with Crippen molar-refractivity contribution in [3.8, 4) is 10.6 Å². The fraction of sp³-hybridized carbons (Fsp3) is 0.400.